The van der Waals surface area contributed by atoms with Crippen molar-refractivity contribution in [2.24, 2.45) is 11.8 Å². The molecule has 0 saturated carbocycles. The van der Waals surface area contributed by atoms with Crippen LogP contribution in [0.3, 0.4) is 0 Å². The van der Waals surface area contributed by atoms with Gasteiger partial charge in [0.2, 0.25) is 5.91 Å². The molecule has 0 saturated heterocycles. The molecule has 1 N–H and O–H groups in total. The van der Waals surface area contributed by atoms with Gasteiger partial charge in [0.1, 0.15) is 17.2 Å². The molecule has 3 rings (SSSR count). The molecule has 1 aliphatic rings. The maximum absolute atomic E-state index is 13.4. The minimum absolute atomic E-state index is 0.0265. The van der Waals surface area contributed by atoms with Gasteiger partial charge >= 0.3 is 0 Å². The largest absolute Gasteiger partial charge is 0.354 e. The molecule has 2 aromatic rings. The summed E-state index contributed by atoms with van der Waals surface area (Å²) in [5, 5.41) is 3.65. The molecule has 0 fully saturated rings. The molecule has 0 spiro atoms. The summed E-state index contributed by atoms with van der Waals surface area (Å²) in [5.74, 6) is 1.54. The average Bonchev–Trinajstić information content (AvgIpc) is 2.93. The molecule has 148 valence electrons. The number of carbonyl (C=O) groups excluding carboxylic acids is 1. The van der Waals surface area contributed by atoms with Gasteiger partial charge in [-0.3, -0.25) is 14.2 Å². The maximum atomic E-state index is 13.4. The van der Waals surface area contributed by atoms with Gasteiger partial charge in [-0.05, 0) is 50.8 Å². The van der Waals surface area contributed by atoms with E-state index in [0.29, 0.717) is 30.7 Å². The van der Waals surface area contributed by atoms with Crippen molar-refractivity contribution in [3.63, 3.8) is 0 Å². The van der Waals surface area contributed by atoms with Crippen molar-refractivity contribution in [3.05, 3.63) is 26.6 Å². The van der Waals surface area contributed by atoms with Crippen molar-refractivity contribution in [2.75, 3.05) is 20.6 Å². The summed E-state index contributed by atoms with van der Waals surface area (Å²) >= 11 is 1.66. The van der Waals surface area contributed by atoms with Crippen LogP contribution < -0.4 is 10.9 Å². The number of aromatic nitrogens is 2. The van der Waals surface area contributed by atoms with E-state index in [4.69, 9.17) is 4.98 Å². The van der Waals surface area contributed by atoms with Gasteiger partial charge in [0.15, 0.2) is 0 Å². The Morgan fingerprint density at radius 3 is 2.81 bits per heavy atom. The van der Waals surface area contributed by atoms with Gasteiger partial charge in [0, 0.05) is 11.4 Å². The summed E-state index contributed by atoms with van der Waals surface area (Å²) in [6.45, 7) is 7.53. The number of aryl methyl sites for hydroxylation is 1. The summed E-state index contributed by atoms with van der Waals surface area (Å²) in [7, 11) is 3.89. The van der Waals surface area contributed by atoms with Crippen LogP contribution in [0.4, 0.5) is 0 Å². The highest BCUT2D eigenvalue weighted by atomic mass is 32.1. The van der Waals surface area contributed by atoms with E-state index in [-0.39, 0.29) is 18.0 Å². The quantitative estimate of drug-likeness (QED) is 0.823. The Hall–Kier alpha value is -1.73. The molecule has 1 atom stereocenters. The minimum Gasteiger partial charge on any atom is -0.354 e. The number of carbonyl (C=O) groups is 1. The van der Waals surface area contributed by atoms with Crippen LogP contribution in [0.15, 0.2) is 4.79 Å². The predicted molar refractivity (Wildman–Crippen MR) is 110 cm³/mol. The van der Waals surface area contributed by atoms with E-state index in [9.17, 15) is 9.59 Å². The number of nitrogens with one attached hydrogen (secondary N) is 1. The standard InChI is InChI=1S/C20H30N4O2S/c1-12(2)9-21-17(25)11-24-16(10-23(4)5)22-19-18(20(24)26)14-7-6-13(3)8-15(14)27-19/h12-13H,6-11H2,1-5H3,(H,21,25). The minimum atomic E-state index is -0.135. The molecule has 0 radical (unpaired) electrons. The summed E-state index contributed by atoms with van der Waals surface area (Å²) in [6, 6.07) is 0. The van der Waals surface area contributed by atoms with Crippen molar-refractivity contribution < 1.29 is 4.79 Å². The Morgan fingerprint density at radius 1 is 1.41 bits per heavy atom. The molecule has 6 nitrogen and oxygen atoms in total. The number of hydrogen-bond acceptors (Lipinski definition) is 5. The second-order valence-corrected chi connectivity index (χ2v) is 9.47. The van der Waals surface area contributed by atoms with E-state index in [1.807, 2.05) is 19.0 Å². The first kappa shape index (κ1) is 20.0. The molecule has 1 aliphatic carbocycles. The molecule has 2 heterocycles. The van der Waals surface area contributed by atoms with Crippen LogP contribution in [0.2, 0.25) is 0 Å². The van der Waals surface area contributed by atoms with Gasteiger partial charge in [-0.1, -0.05) is 20.8 Å². The van der Waals surface area contributed by atoms with Crippen molar-refractivity contribution in [1.82, 2.24) is 19.8 Å². The smallest absolute Gasteiger partial charge is 0.263 e. The van der Waals surface area contributed by atoms with Gasteiger partial charge in [-0.25, -0.2) is 4.98 Å². The highest BCUT2D eigenvalue weighted by Gasteiger charge is 2.25. The van der Waals surface area contributed by atoms with Crippen LogP contribution in [0.1, 0.15) is 43.5 Å². The normalized spacial score (nSPS) is 16.9. The molecule has 0 aromatic carbocycles. The Labute approximate surface area is 164 Å². The van der Waals surface area contributed by atoms with Crippen LogP contribution in [-0.4, -0.2) is 41.0 Å². The molecule has 1 amide bonds. The number of amides is 1. The monoisotopic (exact) mass is 390 g/mol. The number of nitrogens with zero attached hydrogens (tertiary/aromatic N) is 3. The first-order chi connectivity index (χ1) is 12.8. The lowest BCUT2D eigenvalue weighted by Gasteiger charge is -2.18. The van der Waals surface area contributed by atoms with Gasteiger partial charge in [-0.15, -0.1) is 11.3 Å². The Balaban J connectivity index is 2.05. The van der Waals surface area contributed by atoms with Crippen LogP contribution in [0.25, 0.3) is 10.2 Å². The second kappa shape index (κ2) is 8.10. The van der Waals surface area contributed by atoms with Gasteiger partial charge < -0.3 is 10.2 Å². The van der Waals surface area contributed by atoms with Crippen molar-refractivity contribution >= 4 is 27.5 Å². The van der Waals surface area contributed by atoms with Crippen molar-refractivity contribution in [1.29, 1.82) is 0 Å². The van der Waals surface area contributed by atoms with Crippen LogP contribution >= 0.6 is 11.3 Å². The van der Waals surface area contributed by atoms with Gasteiger partial charge in [0.05, 0.1) is 11.9 Å². The van der Waals surface area contributed by atoms with E-state index in [1.165, 1.54) is 10.4 Å². The number of hydrogen-bond donors (Lipinski definition) is 1. The van der Waals surface area contributed by atoms with E-state index in [2.05, 4.69) is 26.1 Å². The third kappa shape index (κ3) is 4.41. The first-order valence-electron chi connectivity index (χ1n) is 9.71. The van der Waals surface area contributed by atoms with E-state index in [1.54, 1.807) is 15.9 Å². The molecule has 0 aliphatic heterocycles. The summed E-state index contributed by atoms with van der Waals surface area (Å²) in [6.07, 6.45) is 3.06. The van der Waals surface area contributed by atoms with Gasteiger partial charge in [0.25, 0.3) is 5.56 Å². The average molecular weight is 391 g/mol. The van der Waals surface area contributed by atoms with E-state index < -0.39 is 0 Å². The summed E-state index contributed by atoms with van der Waals surface area (Å²) in [5.41, 5.74) is 1.10. The lowest BCUT2D eigenvalue weighted by molar-refractivity contribution is -0.121. The third-order valence-corrected chi connectivity index (χ3v) is 6.11. The second-order valence-electron chi connectivity index (χ2n) is 8.39. The third-order valence-electron chi connectivity index (χ3n) is 4.96. The number of thiophene rings is 1. The summed E-state index contributed by atoms with van der Waals surface area (Å²) in [4.78, 5) is 34.7. The molecule has 2 aromatic heterocycles. The van der Waals surface area contributed by atoms with Crippen LogP contribution in [-0.2, 0) is 30.7 Å². The highest BCUT2D eigenvalue weighted by molar-refractivity contribution is 7.18. The lowest BCUT2D eigenvalue weighted by atomic mass is 9.89. The zero-order valence-corrected chi connectivity index (χ0v) is 17.8. The molecular formula is C20H30N4O2S. The van der Waals surface area contributed by atoms with Crippen LogP contribution in [0.5, 0.6) is 0 Å². The lowest BCUT2D eigenvalue weighted by Crippen LogP contribution is -2.37. The number of fused-ring (bicyclic) bond motifs is 3. The molecule has 1 unspecified atom stereocenters. The van der Waals surface area contributed by atoms with Crippen molar-refractivity contribution in [3.8, 4) is 0 Å². The van der Waals surface area contributed by atoms with Crippen molar-refractivity contribution in [2.45, 2.75) is 53.1 Å². The molecular weight excluding hydrogens is 360 g/mol. The fourth-order valence-corrected chi connectivity index (χ4v) is 4.94. The SMILES string of the molecule is CC(C)CNC(=O)Cn1c(CN(C)C)nc2sc3c(c2c1=O)CCC(C)C3. The van der Waals surface area contributed by atoms with E-state index >= 15 is 0 Å². The van der Waals surface area contributed by atoms with Gasteiger partial charge in [-0.2, -0.15) is 0 Å². The topological polar surface area (TPSA) is 67.2 Å². The zero-order valence-electron chi connectivity index (χ0n) is 17.0. The Morgan fingerprint density at radius 2 is 2.15 bits per heavy atom. The highest BCUT2D eigenvalue weighted by Crippen LogP contribution is 2.35. The van der Waals surface area contributed by atoms with Crippen LogP contribution in [0, 0.1) is 11.8 Å². The summed E-state index contributed by atoms with van der Waals surface area (Å²) < 4.78 is 1.57. The van der Waals surface area contributed by atoms with E-state index in [0.717, 1.165) is 29.5 Å². The fourth-order valence-electron chi connectivity index (χ4n) is 3.55. The molecule has 27 heavy (non-hydrogen) atoms. The number of rotatable bonds is 6. The molecule has 7 heteroatoms. The fraction of sp³-hybridized carbons (Fsp3) is 0.650. The first-order valence-corrected chi connectivity index (χ1v) is 10.5. The maximum Gasteiger partial charge on any atom is 0.263 e. The predicted octanol–water partition coefficient (Wildman–Crippen LogP) is 2.42. The Bertz CT molecular complexity index is 897. The molecule has 0 bridgehead atoms. The Kier molecular flexibility index (Phi) is 6.01. The zero-order chi connectivity index (χ0) is 19.7.